The minimum atomic E-state index is -0.909. The number of benzene rings is 1. The number of ketones is 1. The Morgan fingerprint density at radius 1 is 1.15 bits per heavy atom. The molecule has 0 unspecified atom stereocenters. The van der Waals surface area contributed by atoms with Crippen LogP contribution >= 0.6 is 23.2 Å². The maximum atomic E-state index is 14.3. The standard InChI is InChI=1S/C22H21Cl2FN6O2/c1-31(14-4-6-26-7-5-14)22-28-10-13(11-29-22)30-21(33)17-8-12(9-27-17)20(32)18-15(23)2-3-16(24)19(18)25/h2-3,8-11,14,26-27H,4-7H2,1H3,(H,30,33). The van der Waals surface area contributed by atoms with Gasteiger partial charge in [0.05, 0.1) is 33.7 Å². The highest BCUT2D eigenvalue weighted by Gasteiger charge is 2.23. The summed E-state index contributed by atoms with van der Waals surface area (Å²) in [6.45, 7) is 1.92. The van der Waals surface area contributed by atoms with Gasteiger partial charge in [-0.3, -0.25) is 9.59 Å². The van der Waals surface area contributed by atoms with E-state index in [1.165, 1.54) is 36.8 Å². The van der Waals surface area contributed by atoms with E-state index in [0.717, 1.165) is 25.9 Å². The lowest BCUT2D eigenvalue weighted by atomic mass is 10.0. The lowest BCUT2D eigenvalue weighted by Crippen LogP contribution is -2.41. The lowest BCUT2D eigenvalue weighted by molar-refractivity contribution is 0.102. The average Bonchev–Trinajstić information content (AvgIpc) is 3.33. The smallest absolute Gasteiger partial charge is 0.272 e. The van der Waals surface area contributed by atoms with Crippen molar-refractivity contribution in [2.75, 3.05) is 30.4 Å². The largest absolute Gasteiger partial charge is 0.356 e. The first-order chi connectivity index (χ1) is 15.8. The van der Waals surface area contributed by atoms with Crippen molar-refractivity contribution in [2.45, 2.75) is 18.9 Å². The summed E-state index contributed by atoms with van der Waals surface area (Å²) in [7, 11) is 1.95. The summed E-state index contributed by atoms with van der Waals surface area (Å²) < 4.78 is 14.3. The van der Waals surface area contributed by atoms with Crippen LogP contribution in [0.1, 0.15) is 39.3 Å². The summed E-state index contributed by atoms with van der Waals surface area (Å²) in [4.78, 5) is 38.7. The number of carbonyl (C=O) groups excluding carboxylic acids is 2. The van der Waals surface area contributed by atoms with Crippen molar-refractivity contribution in [3.63, 3.8) is 0 Å². The molecule has 0 spiro atoms. The zero-order chi connectivity index (χ0) is 23.5. The Morgan fingerprint density at radius 3 is 2.52 bits per heavy atom. The van der Waals surface area contributed by atoms with Crippen LogP contribution in [0.5, 0.6) is 0 Å². The number of nitrogens with one attached hydrogen (secondary N) is 3. The first-order valence-corrected chi connectivity index (χ1v) is 11.0. The van der Waals surface area contributed by atoms with Gasteiger partial charge in [-0.25, -0.2) is 14.4 Å². The minimum absolute atomic E-state index is 0.0680. The monoisotopic (exact) mass is 490 g/mol. The molecule has 1 aliphatic heterocycles. The van der Waals surface area contributed by atoms with E-state index in [4.69, 9.17) is 23.2 Å². The first-order valence-electron chi connectivity index (χ1n) is 10.3. The second-order valence-electron chi connectivity index (χ2n) is 7.67. The molecule has 1 fully saturated rings. The fourth-order valence-electron chi connectivity index (χ4n) is 3.66. The fourth-order valence-corrected chi connectivity index (χ4v) is 4.05. The highest BCUT2D eigenvalue weighted by molar-refractivity contribution is 6.37. The van der Waals surface area contributed by atoms with Crippen LogP contribution in [0.15, 0.2) is 36.8 Å². The van der Waals surface area contributed by atoms with E-state index in [-0.39, 0.29) is 26.9 Å². The van der Waals surface area contributed by atoms with Crippen molar-refractivity contribution >= 4 is 46.5 Å². The van der Waals surface area contributed by atoms with Gasteiger partial charge < -0.3 is 20.5 Å². The van der Waals surface area contributed by atoms with E-state index in [1.807, 2.05) is 11.9 Å². The van der Waals surface area contributed by atoms with Crippen LogP contribution in [-0.2, 0) is 0 Å². The molecule has 11 heteroatoms. The molecule has 3 N–H and O–H groups in total. The zero-order valence-electron chi connectivity index (χ0n) is 17.7. The second-order valence-corrected chi connectivity index (χ2v) is 8.48. The van der Waals surface area contributed by atoms with Crippen molar-refractivity contribution in [3.05, 3.63) is 69.5 Å². The number of carbonyl (C=O) groups is 2. The predicted octanol–water partition coefficient (Wildman–Crippen LogP) is 3.92. The Kier molecular flexibility index (Phi) is 6.92. The van der Waals surface area contributed by atoms with Gasteiger partial charge in [-0.15, -0.1) is 0 Å². The van der Waals surface area contributed by atoms with E-state index in [9.17, 15) is 14.0 Å². The van der Waals surface area contributed by atoms with Crippen LogP contribution in [0.25, 0.3) is 0 Å². The molecule has 3 aromatic rings. The number of H-pyrrole nitrogens is 1. The number of hydrogen-bond acceptors (Lipinski definition) is 6. The van der Waals surface area contributed by atoms with E-state index < -0.39 is 17.5 Å². The predicted molar refractivity (Wildman–Crippen MR) is 125 cm³/mol. The third kappa shape index (κ3) is 5.00. The molecule has 0 aliphatic carbocycles. The molecule has 0 saturated carbocycles. The van der Waals surface area contributed by atoms with Gasteiger partial charge in [-0.2, -0.15) is 0 Å². The number of hydrogen-bond donors (Lipinski definition) is 3. The van der Waals surface area contributed by atoms with Crippen molar-refractivity contribution in [1.82, 2.24) is 20.3 Å². The number of piperidine rings is 1. The Labute approximate surface area is 199 Å². The van der Waals surface area contributed by atoms with Crippen LogP contribution in [0.3, 0.4) is 0 Å². The number of rotatable bonds is 6. The summed E-state index contributed by atoms with van der Waals surface area (Å²) in [6, 6.07) is 4.28. The molecule has 3 heterocycles. The molecule has 1 aromatic carbocycles. The molecular weight excluding hydrogens is 470 g/mol. The number of nitrogens with zero attached hydrogens (tertiary/aromatic N) is 3. The molecule has 8 nitrogen and oxygen atoms in total. The van der Waals surface area contributed by atoms with Gasteiger partial charge in [-0.1, -0.05) is 23.2 Å². The summed E-state index contributed by atoms with van der Waals surface area (Å²) in [5, 5.41) is 5.71. The fraction of sp³-hybridized carbons (Fsp3) is 0.273. The van der Waals surface area contributed by atoms with Gasteiger partial charge in [-0.05, 0) is 44.1 Å². The Morgan fingerprint density at radius 2 is 1.82 bits per heavy atom. The lowest BCUT2D eigenvalue weighted by Gasteiger charge is -2.31. The van der Waals surface area contributed by atoms with Crippen molar-refractivity contribution in [2.24, 2.45) is 0 Å². The SMILES string of the molecule is CN(c1ncc(NC(=O)c2cc(C(=O)c3c(Cl)ccc(Cl)c3F)c[nH]2)cn1)C1CCNCC1. The number of anilines is 2. The first kappa shape index (κ1) is 23.2. The number of amides is 1. The highest BCUT2D eigenvalue weighted by atomic mass is 35.5. The molecule has 0 bridgehead atoms. The van der Waals surface area contributed by atoms with Crippen LogP contribution in [0.2, 0.25) is 10.0 Å². The van der Waals surface area contributed by atoms with Crippen LogP contribution in [0, 0.1) is 5.82 Å². The van der Waals surface area contributed by atoms with Gasteiger partial charge in [0.1, 0.15) is 5.69 Å². The number of halogens is 3. The quantitative estimate of drug-likeness (QED) is 0.357. The zero-order valence-corrected chi connectivity index (χ0v) is 19.2. The molecule has 1 aliphatic rings. The van der Waals surface area contributed by atoms with Gasteiger partial charge >= 0.3 is 0 Å². The maximum Gasteiger partial charge on any atom is 0.272 e. The molecule has 33 heavy (non-hydrogen) atoms. The highest BCUT2D eigenvalue weighted by Crippen LogP contribution is 2.28. The van der Waals surface area contributed by atoms with E-state index in [0.29, 0.717) is 17.7 Å². The van der Waals surface area contributed by atoms with Gasteiger partial charge in [0.15, 0.2) is 11.6 Å². The van der Waals surface area contributed by atoms with Crippen LogP contribution in [0.4, 0.5) is 16.0 Å². The van der Waals surface area contributed by atoms with Gasteiger partial charge in [0.25, 0.3) is 5.91 Å². The molecule has 2 aromatic heterocycles. The minimum Gasteiger partial charge on any atom is -0.356 e. The van der Waals surface area contributed by atoms with E-state index in [1.54, 1.807) is 0 Å². The molecular formula is C22H21Cl2FN6O2. The third-order valence-corrected chi connectivity index (χ3v) is 6.14. The Bertz CT molecular complexity index is 1180. The summed E-state index contributed by atoms with van der Waals surface area (Å²) >= 11 is 11.7. The topological polar surface area (TPSA) is 103 Å². The van der Waals surface area contributed by atoms with E-state index >= 15 is 0 Å². The van der Waals surface area contributed by atoms with Crippen molar-refractivity contribution in [3.8, 4) is 0 Å². The maximum absolute atomic E-state index is 14.3. The average molecular weight is 491 g/mol. The van der Waals surface area contributed by atoms with Crippen molar-refractivity contribution in [1.29, 1.82) is 0 Å². The third-order valence-electron chi connectivity index (χ3n) is 5.53. The molecule has 1 amide bonds. The molecule has 0 atom stereocenters. The second kappa shape index (κ2) is 9.86. The number of aromatic amines is 1. The van der Waals surface area contributed by atoms with Gasteiger partial charge in [0.2, 0.25) is 5.95 Å². The Balaban J connectivity index is 1.44. The Hall–Kier alpha value is -3.01. The normalized spacial score (nSPS) is 14.2. The van der Waals surface area contributed by atoms with E-state index in [2.05, 4.69) is 25.6 Å². The molecule has 1 saturated heterocycles. The summed E-state index contributed by atoms with van der Waals surface area (Å²) in [6.07, 6.45) is 6.37. The van der Waals surface area contributed by atoms with Gasteiger partial charge in [0, 0.05) is 24.8 Å². The van der Waals surface area contributed by atoms with Crippen molar-refractivity contribution < 1.29 is 14.0 Å². The molecule has 4 rings (SSSR count). The summed E-state index contributed by atoms with van der Waals surface area (Å²) in [5.74, 6) is -1.53. The molecule has 172 valence electrons. The summed E-state index contributed by atoms with van der Waals surface area (Å²) in [5.41, 5.74) is 0.220. The number of aromatic nitrogens is 3. The van der Waals surface area contributed by atoms with Crippen LogP contribution < -0.4 is 15.5 Å². The molecule has 0 radical (unpaired) electrons. The van der Waals surface area contributed by atoms with Crippen LogP contribution in [-0.4, -0.2) is 52.8 Å².